The highest BCUT2D eigenvalue weighted by Gasteiger charge is 2.09. The first-order valence-electron chi connectivity index (χ1n) is 5.66. The van der Waals surface area contributed by atoms with E-state index >= 15 is 0 Å². The van der Waals surface area contributed by atoms with Gasteiger partial charge in [0.25, 0.3) is 0 Å². The maximum absolute atomic E-state index is 10.7. The number of rotatable bonds is 8. The van der Waals surface area contributed by atoms with E-state index in [-0.39, 0.29) is 6.54 Å². The molecule has 0 spiro atoms. The summed E-state index contributed by atoms with van der Waals surface area (Å²) in [6, 6.07) is 4.96. The fourth-order valence-corrected chi connectivity index (χ4v) is 1.95. The summed E-state index contributed by atoms with van der Waals surface area (Å²) < 4.78 is 5.49. The largest absolute Gasteiger partial charge is 0.491 e. The van der Waals surface area contributed by atoms with E-state index in [0.29, 0.717) is 35.5 Å². The first-order chi connectivity index (χ1) is 9.02. The molecule has 0 aromatic heterocycles. The molecule has 1 rings (SSSR count). The number of ether oxygens (including phenoxy) is 1. The van der Waals surface area contributed by atoms with Crippen LogP contribution in [0.5, 0.6) is 5.75 Å². The molecular formula is C13H15Cl2NO3. The number of carboxylic acid groups (broad SMARTS) is 1. The van der Waals surface area contributed by atoms with Crippen molar-refractivity contribution in [1.82, 2.24) is 4.90 Å². The molecule has 0 atom stereocenters. The van der Waals surface area contributed by atoms with Gasteiger partial charge in [-0.1, -0.05) is 29.3 Å². The molecule has 4 nitrogen and oxygen atoms in total. The molecule has 0 aliphatic carbocycles. The second-order valence-corrected chi connectivity index (χ2v) is 4.68. The molecule has 0 heterocycles. The molecule has 0 aliphatic heterocycles. The lowest BCUT2D eigenvalue weighted by Gasteiger charge is -2.18. The average molecular weight is 304 g/mol. The van der Waals surface area contributed by atoms with E-state index in [9.17, 15) is 4.79 Å². The highest BCUT2D eigenvalue weighted by atomic mass is 35.5. The topological polar surface area (TPSA) is 49.8 Å². The van der Waals surface area contributed by atoms with Gasteiger partial charge in [0, 0.05) is 18.1 Å². The maximum atomic E-state index is 10.7. The Hall–Kier alpha value is -1.23. The summed E-state index contributed by atoms with van der Waals surface area (Å²) in [5.74, 6) is -0.355. The van der Waals surface area contributed by atoms with Crippen molar-refractivity contribution in [3.8, 4) is 5.75 Å². The molecule has 19 heavy (non-hydrogen) atoms. The molecule has 0 saturated heterocycles. The normalized spacial score (nSPS) is 10.5. The Kier molecular flexibility index (Phi) is 6.70. The Morgan fingerprint density at radius 2 is 2.21 bits per heavy atom. The van der Waals surface area contributed by atoms with Gasteiger partial charge in [0.05, 0.1) is 11.6 Å². The SMILES string of the molecule is C=CCN(CCOc1ccc(Cl)cc1Cl)CC(=O)O. The summed E-state index contributed by atoms with van der Waals surface area (Å²) in [5.41, 5.74) is 0. The summed E-state index contributed by atoms with van der Waals surface area (Å²) in [6.45, 7) is 4.83. The Morgan fingerprint density at radius 3 is 2.79 bits per heavy atom. The van der Waals surface area contributed by atoms with Crippen LogP contribution in [0.1, 0.15) is 0 Å². The molecular weight excluding hydrogens is 289 g/mol. The minimum absolute atomic E-state index is 0.0519. The third-order valence-corrected chi connectivity index (χ3v) is 2.84. The van der Waals surface area contributed by atoms with Crippen molar-refractivity contribution in [3.05, 3.63) is 40.9 Å². The van der Waals surface area contributed by atoms with Crippen LogP contribution in [0, 0.1) is 0 Å². The van der Waals surface area contributed by atoms with Crippen LogP contribution in [0.3, 0.4) is 0 Å². The van der Waals surface area contributed by atoms with Crippen molar-refractivity contribution in [2.45, 2.75) is 0 Å². The minimum Gasteiger partial charge on any atom is -0.491 e. The number of hydrogen-bond acceptors (Lipinski definition) is 3. The van der Waals surface area contributed by atoms with E-state index in [1.807, 2.05) is 0 Å². The molecule has 1 N–H and O–H groups in total. The van der Waals surface area contributed by atoms with Crippen molar-refractivity contribution in [3.63, 3.8) is 0 Å². The number of benzene rings is 1. The molecule has 0 aliphatic rings. The highest BCUT2D eigenvalue weighted by Crippen LogP contribution is 2.27. The van der Waals surface area contributed by atoms with Gasteiger partial charge >= 0.3 is 5.97 Å². The zero-order valence-electron chi connectivity index (χ0n) is 10.3. The number of carbonyl (C=O) groups is 1. The monoisotopic (exact) mass is 303 g/mol. The Balaban J connectivity index is 2.46. The van der Waals surface area contributed by atoms with Crippen LogP contribution in [0.15, 0.2) is 30.9 Å². The summed E-state index contributed by atoms with van der Waals surface area (Å²) >= 11 is 11.7. The van der Waals surface area contributed by atoms with Gasteiger partial charge in [0.15, 0.2) is 0 Å². The van der Waals surface area contributed by atoms with Gasteiger partial charge in [-0.25, -0.2) is 0 Å². The Bertz CT molecular complexity index is 452. The summed E-state index contributed by atoms with van der Waals surface area (Å²) in [6.07, 6.45) is 1.65. The molecule has 0 bridgehead atoms. The van der Waals surface area contributed by atoms with Crippen LogP contribution in [-0.2, 0) is 4.79 Å². The van der Waals surface area contributed by atoms with E-state index in [4.69, 9.17) is 33.0 Å². The minimum atomic E-state index is -0.883. The van der Waals surface area contributed by atoms with E-state index in [0.717, 1.165) is 0 Å². The molecule has 6 heteroatoms. The summed E-state index contributed by atoms with van der Waals surface area (Å²) in [7, 11) is 0. The lowest BCUT2D eigenvalue weighted by molar-refractivity contribution is -0.138. The Labute approximate surface area is 122 Å². The quantitative estimate of drug-likeness (QED) is 0.750. The zero-order chi connectivity index (χ0) is 14.3. The molecule has 0 radical (unpaired) electrons. The number of halogens is 2. The van der Waals surface area contributed by atoms with Gasteiger partial charge < -0.3 is 9.84 Å². The first-order valence-corrected chi connectivity index (χ1v) is 6.41. The molecule has 0 amide bonds. The standard InChI is InChI=1S/C13H15Cl2NO3/c1-2-5-16(9-13(17)18)6-7-19-12-4-3-10(14)8-11(12)15/h2-4,8H,1,5-7,9H2,(H,17,18). The van der Waals surface area contributed by atoms with Gasteiger partial charge in [-0.05, 0) is 18.2 Å². The highest BCUT2D eigenvalue weighted by molar-refractivity contribution is 6.35. The molecule has 1 aromatic carbocycles. The van der Waals surface area contributed by atoms with E-state index < -0.39 is 5.97 Å². The number of aliphatic carboxylic acids is 1. The van der Waals surface area contributed by atoms with Crippen LogP contribution in [0.2, 0.25) is 10.0 Å². The predicted octanol–water partition coefficient (Wildman–Crippen LogP) is 2.94. The van der Waals surface area contributed by atoms with Crippen LogP contribution in [0.25, 0.3) is 0 Å². The van der Waals surface area contributed by atoms with Crippen LogP contribution in [-0.4, -0.2) is 42.2 Å². The van der Waals surface area contributed by atoms with Crippen LogP contribution < -0.4 is 4.74 Å². The molecule has 0 saturated carbocycles. The fourth-order valence-electron chi connectivity index (χ4n) is 1.49. The van der Waals surface area contributed by atoms with Gasteiger partial charge in [0.2, 0.25) is 0 Å². The third-order valence-electron chi connectivity index (χ3n) is 2.31. The van der Waals surface area contributed by atoms with Crippen molar-refractivity contribution in [1.29, 1.82) is 0 Å². The second-order valence-electron chi connectivity index (χ2n) is 3.84. The first kappa shape index (κ1) is 15.8. The number of carboxylic acids is 1. The van der Waals surface area contributed by atoms with Gasteiger partial charge in [0.1, 0.15) is 12.4 Å². The van der Waals surface area contributed by atoms with E-state index in [1.165, 1.54) is 0 Å². The lowest BCUT2D eigenvalue weighted by atomic mass is 10.3. The van der Waals surface area contributed by atoms with Gasteiger partial charge in [-0.3, -0.25) is 9.69 Å². The molecule has 104 valence electrons. The third kappa shape index (κ3) is 5.96. The van der Waals surface area contributed by atoms with Crippen molar-refractivity contribution < 1.29 is 14.6 Å². The number of hydrogen-bond donors (Lipinski definition) is 1. The van der Waals surface area contributed by atoms with Crippen molar-refractivity contribution >= 4 is 29.2 Å². The predicted molar refractivity (Wildman–Crippen MR) is 76.2 cm³/mol. The van der Waals surface area contributed by atoms with Crippen LogP contribution >= 0.6 is 23.2 Å². The van der Waals surface area contributed by atoms with Gasteiger partial charge in [-0.15, -0.1) is 6.58 Å². The summed E-state index contributed by atoms with van der Waals surface area (Å²) in [5, 5.41) is 9.72. The summed E-state index contributed by atoms with van der Waals surface area (Å²) in [4.78, 5) is 12.4. The Morgan fingerprint density at radius 1 is 1.47 bits per heavy atom. The lowest BCUT2D eigenvalue weighted by Crippen LogP contribution is -2.33. The number of nitrogens with zero attached hydrogens (tertiary/aromatic N) is 1. The van der Waals surface area contributed by atoms with Crippen LogP contribution in [0.4, 0.5) is 0 Å². The van der Waals surface area contributed by atoms with E-state index in [2.05, 4.69) is 6.58 Å². The van der Waals surface area contributed by atoms with Gasteiger partial charge in [-0.2, -0.15) is 0 Å². The molecule has 1 aromatic rings. The fraction of sp³-hybridized carbons (Fsp3) is 0.308. The molecule has 0 fully saturated rings. The second kappa shape index (κ2) is 8.04. The van der Waals surface area contributed by atoms with Crippen molar-refractivity contribution in [2.75, 3.05) is 26.2 Å². The maximum Gasteiger partial charge on any atom is 0.317 e. The van der Waals surface area contributed by atoms with E-state index in [1.54, 1.807) is 29.2 Å². The molecule has 0 unspecified atom stereocenters. The smallest absolute Gasteiger partial charge is 0.317 e. The zero-order valence-corrected chi connectivity index (χ0v) is 11.8. The average Bonchev–Trinajstić information content (AvgIpc) is 2.31. The van der Waals surface area contributed by atoms with Crippen molar-refractivity contribution in [2.24, 2.45) is 0 Å².